The van der Waals surface area contributed by atoms with E-state index in [-0.39, 0.29) is 5.60 Å². The molecular formula is C16H30N2OS. The van der Waals surface area contributed by atoms with Gasteiger partial charge in [-0.1, -0.05) is 6.42 Å². The molecule has 3 fully saturated rings. The van der Waals surface area contributed by atoms with Crippen LogP contribution < -0.4 is 5.32 Å². The molecule has 3 nitrogen and oxygen atoms in total. The molecule has 0 amide bonds. The van der Waals surface area contributed by atoms with Gasteiger partial charge in [0.15, 0.2) is 0 Å². The van der Waals surface area contributed by atoms with Crippen molar-refractivity contribution in [2.45, 2.75) is 56.6 Å². The Kier molecular flexibility index (Phi) is 5.66. The van der Waals surface area contributed by atoms with Crippen molar-refractivity contribution >= 4 is 11.8 Å². The first-order valence-electron chi connectivity index (χ1n) is 8.54. The predicted molar refractivity (Wildman–Crippen MR) is 86.6 cm³/mol. The molecule has 0 aromatic rings. The zero-order valence-corrected chi connectivity index (χ0v) is 13.6. The van der Waals surface area contributed by atoms with E-state index in [0.717, 1.165) is 13.2 Å². The van der Waals surface area contributed by atoms with Gasteiger partial charge in [-0.05, 0) is 63.1 Å². The van der Waals surface area contributed by atoms with E-state index in [0.29, 0.717) is 6.04 Å². The van der Waals surface area contributed by atoms with Gasteiger partial charge in [-0.15, -0.1) is 0 Å². The topological polar surface area (TPSA) is 24.5 Å². The van der Waals surface area contributed by atoms with E-state index >= 15 is 0 Å². The van der Waals surface area contributed by atoms with Crippen molar-refractivity contribution in [1.29, 1.82) is 0 Å². The Hall–Kier alpha value is 0.230. The first-order valence-corrected chi connectivity index (χ1v) is 9.69. The number of thioether (sulfide) groups is 1. The zero-order valence-electron chi connectivity index (χ0n) is 12.7. The Morgan fingerprint density at radius 1 is 1.15 bits per heavy atom. The number of rotatable bonds is 4. The van der Waals surface area contributed by atoms with Gasteiger partial charge in [0.25, 0.3) is 0 Å². The van der Waals surface area contributed by atoms with Crippen molar-refractivity contribution in [2.24, 2.45) is 0 Å². The van der Waals surface area contributed by atoms with Crippen molar-refractivity contribution in [1.82, 2.24) is 10.2 Å². The maximum atomic E-state index is 6.17. The van der Waals surface area contributed by atoms with Crippen LogP contribution in [-0.4, -0.2) is 60.8 Å². The van der Waals surface area contributed by atoms with Gasteiger partial charge in [0.05, 0.1) is 5.60 Å². The molecule has 4 heteroatoms. The van der Waals surface area contributed by atoms with E-state index < -0.39 is 0 Å². The van der Waals surface area contributed by atoms with E-state index in [1.54, 1.807) is 0 Å². The van der Waals surface area contributed by atoms with Gasteiger partial charge in [-0.3, -0.25) is 0 Å². The number of hydrogen-bond acceptors (Lipinski definition) is 4. The molecule has 1 atom stereocenters. The second kappa shape index (κ2) is 7.48. The fraction of sp³-hybridized carbons (Fsp3) is 1.00. The molecule has 3 saturated heterocycles. The van der Waals surface area contributed by atoms with Crippen LogP contribution in [0.5, 0.6) is 0 Å². The molecule has 3 aliphatic heterocycles. The minimum absolute atomic E-state index is 0.228. The quantitative estimate of drug-likeness (QED) is 0.862. The fourth-order valence-electron chi connectivity index (χ4n) is 3.90. The number of hydrogen-bond donors (Lipinski definition) is 1. The third-order valence-electron chi connectivity index (χ3n) is 5.21. The van der Waals surface area contributed by atoms with Crippen LogP contribution in [0.25, 0.3) is 0 Å². The van der Waals surface area contributed by atoms with Crippen molar-refractivity contribution < 1.29 is 4.74 Å². The summed E-state index contributed by atoms with van der Waals surface area (Å²) in [4.78, 5) is 2.63. The highest BCUT2D eigenvalue weighted by molar-refractivity contribution is 7.99. The summed E-state index contributed by atoms with van der Waals surface area (Å²) in [6.07, 6.45) is 9.22. The average Bonchev–Trinajstić information content (AvgIpc) is 2.49. The maximum Gasteiger partial charge on any atom is 0.0713 e. The summed E-state index contributed by atoms with van der Waals surface area (Å²) >= 11 is 2.09. The Labute approximate surface area is 128 Å². The smallest absolute Gasteiger partial charge is 0.0713 e. The predicted octanol–water partition coefficient (Wildman–Crippen LogP) is 2.51. The van der Waals surface area contributed by atoms with Crippen LogP contribution in [0, 0.1) is 0 Å². The lowest BCUT2D eigenvalue weighted by molar-refractivity contribution is -0.0932. The highest BCUT2D eigenvalue weighted by Gasteiger charge is 2.38. The number of piperidine rings is 1. The molecule has 0 bridgehead atoms. The Bertz CT molecular complexity index is 283. The Morgan fingerprint density at radius 2 is 1.95 bits per heavy atom. The van der Waals surface area contributed by atoms with Crippen LogP contribution in [0.3, 0.4) is 0 Å². The van der Waals surface area contributed by atoms with E-state index in [4.69, 9.17) is 4.74 Å². The lowest BCUT2D eigenvalue weighted by Crippen LogP contribution is -2.50. The molecular weight excluding hydrogens is 268 g/mol. The van der Waals surface area contributed by atoms with E-state index in [1.807, 2.05) is 0 Å². The van der Waals surface area contributed by atoms with Gasteiger partial charge < -0.3 is 15.0 Å². The van der Waals surface area contributed by atoms with E-state index in [9.17, 15) is 0 Å². The van der Waals surface area contributed by atoms with Gasteiger partial charge in [-0.2, -0.15) is 11.8 Å². The number of ether oxygens (including phenoxy) is 1. The first-order chi connectivity index (χ1) is 9.86. The van der Waals surface area contributed by atoms with Crippen LogP contribution in [0.2, 0.25) is 0 Å². The molecule has 3 heterocycles. The highest BCUT2D eigenvalue weighted by atomic mass is 32.2. The molecule has 1 spiro atoms. The number of nitrogens with zero attached hydrogens (tertiary/aromatic N) is 1. The molecule has 0 aromatic carbocycles. The zero-order chi connectivity index (χ0) is 13.7. The van der Waals surface area contributed by atoms with Gasteiger partial charge in [0.1, 0.15) is 0 Å². The molecule has 3 rings (SSSR count). The molecule has 1 N–H and O–H groups in total. The third kappa shape index (κ3) is 4.12. The Morgan fingerprint density at radius 3 is 2.75 bits per heavy atom. The van der Waals surface area contributed by atoms with Crippen LogP contribution in [0.4, 0.5) is 0 Å². The first kappa shape index (κ1) is 15.1. The summed E-state index contributed by atoms with van der Waals surface area (Å²) in [6.45, 7) is 6.00. The normalized spacial score (nSPS) is 31.5. The average molecular weight is 298 g/mol. The second-order valence-corrected chi connectivity index (χ2v) is 7.91. The van der Waals surface area contributed by atoms with Crippen molar-refractivity contribution in [3.63, 3.8) is 0 Å². The largest absolute Gasteiger partial charge is 0.375 e. The van der Waals surface area contributed by atoms with Crippen LogP contribution in [0.15, 0.2) is 0 Å². The summed E-state index contributed by atoms with van der Waals surface area (Å²) in [7, 11) is 0. The number of nitrogens with one attached hydrogen (secondary N) is 1. The van der Waals surface area contributed by atoms with Gasteiger partial charge >= 0.3 is 0 Å². The second-order valence-electron chi connectivity index (χ2n) is 6.69. The molecule has 0 radical (unpaired) electrons. The van der Waals surface area contributed by atoms with Crippen LogP contribution in [0.1, 0.15) is 44.9 Å². The van der Waals surface area contributed by atoms with Crippen molar-refractivity contribution in [3.05, 3.63) is 0 Å². The minimum Gasteiger partial charge on any atom is -0.375 e. The van der Waals surface area contributed by atoms with Crippen LogP contribution >= 0.6 is 11.8 Å². The summed E-state index contributed by atoms with van der Waals surface area (Å²) in [6, 6.07) is 0.691. The molecule has 0 saturated carbocycles. The maximum absolute atomic E-state index is 6.17. The molecule has 0 aromatic heterocycles. The van der Waals surface area contributed by atoms with E-state index in [1.165, 1.54) is 76.1 Å². The summed E-state index contributed by atoms with van der Waals surface area (Å²) in [5, 5.41) is 3.81. The third-order valence-corrected chi connectivity index (χ3v) is 6.19. The Balaban J connectivity index is 1.38. The van der Waals surface area contributed by atoms with Crippen LogP contribution in [-0.2, 0) is 4.74 Å². The molecule has 0 aliphatic carbocycles. The van der Waals surface area contributed by atoms with Gasteiger partial charge in [-0.25, -0.2) is 0 Å². The van der Waals surface area contributed by atoms with Crippen molar-refractivity contribution in [2.75, 3.05) is 44.3 Å². The summed E-state index contributed by atoms with van der Waals surface area (Å²) in [5.41, 5.74) is 0.228. The SMILES string of the molecule is C1CCN(CCNC2CCOC3(CCSCC3)C2)CC1. The lowest BCUT2D eigenvalue weighted by Gasteiger charge is -2.43. The van der Waals surface area contributed by atoms with Crippen molar-refractivity contribution in [3.8, 4) is 0 Å². The number of likely N-dealkylation sites (tertiary alicyclic amines) is 1. The molecule has 20 heavy (non-hydrogen) atoms. The minimum atomic E-state index is 0.228. The molecule has 1 unspecified atom stereocenters. The summed E-state index contributed by atoms with van der Waals surface area (Å²) < 4.78 is 6.17. The fourth-order valence-corrected chi connectivity index (χ4v) is 5.14. The monoisotopic (exact) mass is 298 g/mol. The lowest BCUT2D eigenvalue weighted by atomic mass is 9.85. The van der Waals surface area contributed by atoms with E-state index in [2.05, 4.69) is 22.0 Å². The van der Waals surface area contributed by atoms with Gasteiger partial charge in [0, 0.05) is 25.7 Å². The highest BCUT2D eigenvalue weighted by Crippen LogP contribution is 2.37. The summed E-state index contributed by atoms with van der Waals surface area (Å²) in [5.74, 6) is 2.58. The van der Waals surface area contributed by atoms with Gasteiger partial charge in [0.2, 0.25) is 0 Å². The molecule has 3 aliphatic rings. The standard InChI is InChI=1S/C16H30N2OS/c1-2-8-18(9-3-1)10-7-17-15-4-11-19-16(14-15)5-12-20-13-6-16/h15,17H,1-14H2. The molecule has 116 valence electrons.